The molecule has 6 heteroatoms. The van der Waals surface area contributed by atoms with Crippen LogP contribution in [0.2, 0.25) is 10.0 Å². The van der Waals surface area contributed by atoms with Gasteiger partial charge < -0.3 is 16.0 Å². The smallest absolute Gasteiger partial charge is 0.322 e. The molecule has 110 valence electrons. The average Bonchev–Trinajstić information content (AvgIpc) is 2.43. The van der Waals surface area contributed by atoms with Crippen molar-refractivity contribution in [2.45, 2.75) is 25.8 Å². The maximum Gasteiger partial charge on any atom is 0.322 e. The second kappa shape index (κ2) is 6.66. The topological polar surface area (TPSA) is 58.4 Å². The lowest BCUT2D eigenvalue weighted by atomic mass is 9.94. The van der Waals surface area contributed by atoms with Gasteiger partial charge in [-0.05, 0) is 50.4 Å². The van der Waals surface area contributed by atoms with Crippen molar-refractivity contribution in [3.05, 3.63) is 28.2 Å². The SMILES string of the molecule is CC1CCC(CN)CN1C(=O)Nc1ccc(Cl)c(Cl)c1. The second-order valence-electron chi connectivity index (χ2n) is 5.24. The second-order valence-corrected chi connectivity index (χ2v) is 6.05. The molecular weight excluding hydrogens is 297 g/mol. The maximum atomic E-state index is 12.3. The minimum atomic E-state index is -0.117. The fraction of sp³-hybridized carbons (Fsp3) is 0.500. The van der Waals surface area contributed by atoms with Crippen LogP contribution < -0.4 is 11.1 Å². The summed E-state index contributed by atoms with van der Waals surface area (Å²) in [5.74, 6) is 0.380. The van der Waals surface area contributed by atoms with Gasteiger partial charge >= 0.3 is 6.03 Å². The Morgan fingerprint density at radius 1 is 1.40 bits per heavy atom. The number of hydrogen-bond donors (Lipinski definition) is 2. The molecule has 1 aliphatic rings. The van der Waals surface area contributed by atoms with Gasteiger partial charge in [-0.1, -0.05) is 23.2 Å². The number of carbonyl (C=O) groups is 1. The Balaban J connectivity index is 2.04. The number of halogens is 2. The highest BCUT2D eigenvalue weighted by Crippen LogP contribution is 2.26. The van der Waals surface area contributed by atoms with Gasteiger partial charge in [0.15, 0.2) is 0 Å². The van der Waals surface area contributed by atoms with Gasteiger partial charge in [0.1, 0.15) is 0 Å². The standard InChI is InChI=1S/C14H19Cl2N3O/c1-9-2-3-10(7-17)8-19(9)14(20)18-11-4-5-12(15)13(16)6-11/h4-6,9-10H,2-3,7-8,17H2,1H3,(H,18,20). The molecule has 2 rings (SSSR count). The van der Waals surface area contributed by atoms with E-state index in [1.165, 1.54) is 0 Å². The summed E-state index contributed by atoms with van der Waals surface area (Å²) in [5, 5.41) is 3.76. The molecule has 1 heterocycles. The van der Waals surface area contributed by atoms with Crippen LogP contribution in [-0.4, -0.2) is 30.1 Å². The normalized spacial score (nSPS) is 22.7. The fourth-order valence-electron chi connectivity index (χ4n) is 2.43. The van der Waals surface area contributed by atoms with E-state index < -0.39 is 0 Å². The number of anilines is 1. The average molecular weight is 316 g/mol. The molecule has 1 aliphatic heterocycles. The first kappa shape index (κ1) is 15.4. The molecule has 0 radical (unpaired) electrons. The van der Waals surface area contributed by atoms with E-state index >= 15 is 0 Å². The number of piperidine rings is 1. The first-order valence-electron chi connectivity index (χ1n) is 6.74. The Hall–Kier alpha value is -0.970. The van der Waals surface area contributed by atoms with E-state index in [-0.39, 0.29) is 12.1 Å². The van der Waals surface area contributed by atoms with Gasteiger partial charge in [0.2, 0.25) is 0 Å². The third-order valence-corrected chi connectivity index (χ3v) is 4.48. The number of urea groups is 1. The van der Waals surface area contributed by atoms with Crippen molar-refractivity contribution in [1.82, 2.24) is 4.90 Å². The van der Waals surface area contributed by atoms with E-state index in [4.69, 9.17) is 28.9 Å². The van der Waals surface area contributed by atoms with E-state index in [1.807, 2.05) is 4.90 Å². The van der Waals surface area contributed by atoms with E-state index in [1.54, 1.807) is 18.2 Å². The number of amides is 2. The van der Waals surface area contributed by atoms with E-state index in [9.17, 15) is 4.79 Å². The lowest BCUT2D eigenvalue weighted by Crippen LogP contribution is -2.48. The monoisotopic (exact) mass is 315 g/mol. The van der Waals surface area contributed by atoms with Gasteiger partial charge in [-0.3, -0.25) is 0 Å². The number of likely N-dealkylation sites (tertiary alicyclic amines) is 1. The Kier molecular flexibility index (Phi) is 5.13. The third-order valence-electron chi connectivity index (χ3n) is 3.74. The van der Waals surface area contributed by atoms with Crippen LogP contribution >= 0.6 is 23.2 Å². The molecule has 2 amide bonds. The van der Waals surface area contributed by atoms with Crippen molar-refractivity contribution < 1.29 is 4.79 Å². The lowest BCUT2D eigenvalue weighted by Gasteiger charge is -2.37. The zero-order valence-electron chi connectivity index (χ0n) is 11.4. The summed E-state index contributed by atoms with van der Waals surface area (Å²) in [7, 11) is 0. The van der Waals surface area contributed by atoms with Crippen molar-refractivity contribution >= 4 is 34.9 Å². The fourth-order valence-corrected chi connectivity index (χ4v) is 2.72. The molecule has 1 aromatic rings. The summed E-state index contributed by atoms with van der Waals surface area (Å²) in [5.41, 5.74) is 6.35. The number of nitrogens with two attached hydrogens (primary N) is 1. The summed E-state index contributed by atoms with van der Waals surface area (Å²) in [6, 6.07) is 5.16. The van der Waals surface area contributed by atoms with Crippen molar-refractivity contribution in [1.29, 1.82) is 0 Å². The Morgan fingerprint density at radius 2 is 2.15 bits per heavy atom. The highest BCUT2D eigenvalue weighted by atomic mass is 35.5. The minimum Gasteiger partial charge on any atom is -0.330 e. The predicted molar refractivity (Wildman–Crippen MR) is 83.4 cm³/mol. The van der Waals surface area contributed by atoms with E-state index in [0.29, 0.717) is 34.7 Å². The molecule has 2 unspecified atom stereocenters. The van der Waals surface area contributed by atoms with Gasteiger partial charge in [-0.25, -0.2) is 4.79 Å². The van der Waals surface area contributed by atoms with E-state index in [0.717, 1.165) is 12.8 Å². The van der Waals surface area contributed by atoms with Crippen molar-refractivity contribution in [2.24, 2.45) is 11.7 Å². The molecular formula is C14H19Cl2N3O. The molecule has 0 aliphatic carbocycles. The summed E-state index contributed by atoms with van der Waals surface area (Å²) in [4.78, 5) is 14.2. The number of carbonyl (C=O) groups excluding carboxylic acids is 1. The van der Waals surface area contributed by atoms with Crippen LogP contribution in [0.15, 0.2) is 18.2 Å². The molecule has 1 fully saturated rings. The number of nitrogens with one attached hydrogen (secondary N) is 1. The predicted octanol–water partition coefficient (Wildman–Crippen LogP) is 3.58. The van der Waals surface area contributed by atoms with Gasteiger partial charge in [-0.15, -0.1) is 0 Å². The first-order valence-corrected chi connectivity index (χ1v) is 7.49. The van der Waals surface area contributed by atoms with Gasteiger partial charge in [0.05, 0.1) is 10.0 Å². The molecule has 0 spiro atoms. The summed E-state index contributed by atoms with van der Waals surface area (Å²) in [6.07, 6.45) is 2.06. The molecule has 1 saturated heterocycles. The van der Waals surface area contributed by atoms with Crippen molar-refractivity contribution in [2.75, 3.05) is 18.4 Å². The van der Waals surface area contributed by atoms with Gasteiger partial charge in [-0.2, -0.15) is 0 Å². The number of rotatable bonds is 2. The lowest BCUT2D eigenvalue weighted by molar-refractivity contribution is 0.144. The molecule has 0 saturated carbocycles. The van der Waals surface area contributed by atoms with Crippen molar-refractivity contribution in [3.8, 4) is 0 Å². The molecule has 4 nitrogen and oxygen atoms in total. The summed E-state index contributed by atoms with van der Waals surface area (Å²) in [6.45, 7) is 3.37. The van der Waals surface area contributed by atoms with E-state index in [2.05, 4.69) is 12.2 Å². The highest BCUT2D eigenvalue weighted by Gasteiger charge is 2.28. The molecule has 3 N–H and O–H groups in total. The zero-order chi connectivity index (χ0) is 14.7. The van der Waals surface area contributed by atoms with Crippen LogP contribution in [0.25, 0.3) is 0 Å². The largest absolute Gasteiger partial charge is 0.330 e. The molecule has 0 bridgehead atoms. The van der Waals surface area contributed by atoms with Crippen molar-refractivity contribution in [3.63, 3.8) is 0 Å². The number of nitrogens with zero attached hydrogens (tertiary/aromatic N) is 1. The first-order chi connectivity index (χ1) is 9.51. The van der Waals surface area contributed by atoms with Crippen LogP contribution in [0.5, 0.6) is 0 Å². The number of hydrogen-bond acceptors (Lipinski definition) is 2. The quantitative estimate of drug-likeness (QED) is 0.876. The highest BCUT2D eigenvalue weighted by molar-refractivity contribution is 6.42. The Morgan fingerprint density at radius 3 is 2.80 bits per heavy atom. The Bertz CT molecular complexity index is 495. The maximum absolute atomic E-state index is 12.3. The van der Waals surface area contributed by atoms with Gasteiger partial charge in [0.25, 0.3) is 0 Å². The summed E-state index contributed by atoms with van der Waals surface area (Å²) >= 11 is 11.8. The Labute approximate surface area is 129 Å². The van der Waals surface area contributed by atoms with Gasteiger partial charge in [0, 0.05) is 18.3 Å². The van der Waals surface area contributed by atoms with Crippen LogP contribution in [0.3, 0.4) is 0 Å². The number of benzene rings is 1. The molecule has 2 atom stereocenters. The zero-order valence-corrected chi connectivity index (χ0v) is 12.9. The molecule has 1 aromatic carbocycles. The third kappa shape index (κ3) is 3.57. The van der Waals surface area contributed by atoms with Crippen LogP contribution in [0.1, 0.15) is 19.8 Å². The molecule has 0 aromatic heterocycles. The summed E-state index contributed by atoms with van der Waals surface area (Å²) < 4.78 is 0. The molecule has 20 heavy (non-hydrogen) atoms. The van der Waals surface area contributed by atoms with Crippen LogP contribution in [-0.2, 0) is 0 Å². The van der Waals surface area contributed by atoms with Crippen LogP contribution in [0.4, 0.5) is 10.5 Å². The minimum absolute atomic E-state index is 0.117. The van der Waals surface area contributed by atoms with Crippen LogP contribution in [0, 0.1) is 5.92 Å².